The van der Waals surface area contributed by atoms with Gasteiger partial charge in [0.25, 0.3) is 6.47 Å². The smallest absolute Gasteiger partial charge is 0.290 e. The summed E-state index contributed by atoms with van der Waals surface area (Å²) in [5, 5.41) is 11.4. The van der Waals surface area contributed by atoms with Gasteiger partial charge >= 0.3 is 0 Å². The lowest BCUT2D eigenvalue weighted by atomic mass is 10.2. The van der Waals surface area contributed by atoms with Crippen LogP contribution in [0.4, 0.5) is 4.39 Å². The van der Waals surface area contributed by atoms with Crippen molar-refractivity contribution in [1.82, 2.24) is 19.7 Å². The topological polar surface area (TPSA) is 80.5 Å². The van der Waals surface area contributed by atoms with Crippen LogP contribution in [0.15, 0.2) is 24.3 Å². The van der Waals surface area contributed by atoms with Crippen LogP contribution < -0.4 is 0 Å². The lowest BCUT2D eigenvalue weighted by Crippen LogP contribution is -2.21. The van der Waals surface area contributed by atoms with Gasteiger partial charge in [-0.05, 0) is 43.6 Å². The largest absolute Gasteiger partial charge is 0.483 e. The van der Waals surface area contributed by atoms with Crippen molar-refractivity contribution in [3.8, 4) is 0 Å². The number of aromatic nitrogens is 3. The first-order chi connectivity index (χ1) is 12.2. The maximum Gasteiger partial charge on any atom is 0.290 e. The number of carboxylic acid groups (broad SMARTS) is 1. The van der Waals surface area contributed by atoms with E-state index in [2.05, 4.69) is 15.0 Å². The second-order valence-corrected chi connectivity index (χ2v) is 5.75. The van der Waals surface area contributed by atoms with Crippen molar-refractivity contribution in [2.24, 2.45) is 0 Å². The van der Waals surface area contributed by atoms with Gasteiger partial charge in [0, 0.05) is 7.11 Å². The van der Waals surface area contributed by atoms with E-state index in [0.717, 1.165) is 31.0 Å². The highest BCUT2D eigenvalue weighted by Crippen LogP contribution is 2.13. The molecular weight excluding hydrogens is 327 g/mol. The minimum atomic E-state index is -0.250. The third-order valence-electron chi connectivity index (χ3n) is 3.87. The summed E-state index contributed by atoms with van der Waals surface area (Å²) in [6.07, 6.45) is 2.49. The Balaban J connectivity index is 0.000000701. The van der Waals surface area contributed by atoms with E-state index in [1.54, 1.807) is 19.2 Å². The number of nitrogens with zero attached hydrogens (tertiary/aromatic N) is 4. The third kappa shape index (κ3) is 5.91. The van der Waals surface area contributed by atoms with E-state index in [0.29, 0.717) is 19.0 Å². The Morgan fingerprint density at radius 1 is 1.24 bits per heavy atom. The summed E-state index contributed by atoms with van der Waals surface area (Å²) >= 11 is 0. The molecule has 0 bridgehead atoms. The number of halogens is 1. The van der Waals surface area contributed by atoms with E-state index in [9.17, 15) is 4.39 Å². The summed E-state index contributed by atoms with van der Waals surface area (Å²) in [6, 6.07) is 6.52. The van der Waals surface area contributed by atoms with Gasteiger partial charge in [-0.1, -0.05) is 12.1 Å². The number of ether oxygens (including phenoxy) is 1. The van der Waals surface area contributed by atoms with E-state index < -0.39 is 0 Å². The summed E-state index contributed by atoms with van der Waals surface area (Å²) in [5.74, 6) is 1.41. The highest BCUT2D eigenvalue weighted by atomic mass is 19.1. The minimum absolute atomic E-state index is 0.222. The normalized spacial score (nSPS) is 14.2. The van der Waals surface area contributed by atoms with E-state index in [4.69, 9.17) is 14.6 Å². The van der Waals surface area contributed by atoms with Crippen LogP contribution in [0.5, 0.6) is 0 Å². The van der Waals surface area contributed by atoms with Crippen LogP contribution in [0.3, 0.4) is 0 Å². The molecule has 2 aromatic rings. The van der Waals surface area contributed by atoms with Crippen molar-refractivity contribution in [2.45, 2.75) is 32.5 Å². The molecule has 0 aliphatic carbocycles. The van der Waals surface area contributed by atoms with Gasteiger partial charge in [-0.15, -0.1) is 0 Å². The van der Waals surface area contributed by atoms with Crippen molar-refractivity contribution in [2.75, 3.05) is 20.2 Å². The van der Waals surface area contributed by atoms with Crippen LogP contribution in [0.2, 0.25) is 0 Å². The molecule has 1 aliphatic rings. The van der Waals surface area contributed by atoms with Crippen LogP contribution in [0, 0.1) is 5.82 Å². The number of likely N-dealkylation sites (tertiary alicyclic amines) is 1. The Hall–Kier alpha value is -2.32. The Morgan fingerprint density at radius 3 is 2.48 bits per heavy atom. The zero-order chi connectivity index (χ0) is 18.1. The van der Waals surface area contributed by atoms with Crippen LogP contribution in [-0.4, -0.2) is 51.4 Å². The van der Waals surface area contributed by atoms with Crippen LogP contribution in [-0.2, 0) is 29.2 Å². The van der Waals surface area contributed by atoms with Crippen molar-refractivity contribution < 1.29 is 19.0 Å². The fourth-order valence-electron chi connectivity index (χ4n) is 2.76. The first kappa shape index (κ1) is 19.0. The predicted octanol–water partition coefficient (Wildman–Crippen LogP) is 1.91. The molecule has 1 saturated heterocycles. The molecule has 1 fully saturated rings. The second-order valence-electron chi connectivity index (χ2n) is 5.75. The molecule has 1 aromatic carbocycles. The molecule has 1 N–H and O–H groups in total. The van der Waals surface area contributed by atoms with Crippen LogP contribution in [0.25, 0.3) is 0 Å². The Labute approximate surface area is 146 Å². The predicted molar refractivity (Wildman–Crippen MR) is 89.4 cm³/mol. The minimum Gasteiger partial charge on any atom is -0.483 e. The van der Waals surface area contributed by atoms with E-state index in [1.807, 2.05) is 4.68 Å². The molecule has 3 rings (SSSR count). The lowest BCUT2D eigenvalue weighted by molar-refractivity contribution is -0.122. The van der Waals surface area contributed by atoms with Gasteiger partial charge in [-0.3, -0.25) is 9.69 Å². The fourth-order valence-corrected chi connectivity index (χ4v) is 2.76. The lowest BCUT2D eigenvalue weighted by Gasteiger charge is -2.14. The second kappa shape index (κ2) is 9.85. The standard InChI is InChI=1S/C16H21FN4O.CH2O2/c1-22-12-15-18-16(11-20-8-2-3-9-20)21(19-15)10-13-4-6-14(17)7-5-13;2-1-3/h4-7H,2-3,8-12H2,1H3;1H,(H,2,3). The van der Waals surface area contributed by atoms with Gasteiger partial charge in [0.1, 0.15) is 18.2 Å². The maximum atomic E-state index is 13.0. The summed E-state index contributed by atoms with van der Waals surface area (Å²) in [6.45, 7) is 3.79. The molecular formula is C17H23FN4O3. The fraction of sp³-hybridized carbons (Fsp3) is 0.471. The zero-order valence-corrected chi connectivity index (χ0v) is 14.3. The molecule has 0 atom stereocenters. The number of hydrogen-bond donors (Lipinski definition) is 1. The van der Waals surface area contributed by atoms with E-state index in [1.165, 1.54) is 25.0 Å². The molecule has 0 radical (unpaired) electrons. The molecule has 2 heterocycles. The molecule has 0 amide bonds. The van der Waals surface area contributed by atoms with Gasteiger partial charge in [0.05, 0.1) is 13.1 Å². The van der Waals surface area contributed by atoms with Gasteiger partial charge < -0.3 is 9.84 Å². The number of rotatable bonds is 6. The van der Waals surface area contributed by atoms with Crippen LogP contribution in [0.1, 0.15) is 30.1 Å². The monoisotopic (exact) mass is 350 g/mol. The first-order valence-corrected chi connectivity index (χ1v) is 8.12. The maximum absolute atomic E-state index is 13.0. The Morgan fingerprint density at radius 2 is 1.88 bits per heavy atom. The molecule has 1 aliphatic heterocycles. The number of methoxy groups -OCH3 is 1. The molecule has 1 aromatic heterocycles. The molecule has 8 heteroatoms. The average molecular weight is 350 g/mol. The zero-order valence-electron chi connectivity index (χ0n) is 14.3. The summed E-state index contributed by atoms with van der Waals surface area (Å²) < 4.78 is 20.1. The Bertz CT molecular complexity index is 654. The molecule has 0 spiro atoms. The van der Waals surface area contributed by atoms with Gasteiger partial charge in [-0.25, -0.2) is 14.1 Å². The summed E-state index contributed by atoms with van der Waals surface area (Å²) in [7, 11) is 1.64. The average Bonchev–Trinajstić information content (AvgIpc) is 3.22. The summed E-state index contributed by atoms with van der Waals surface area (Å²) in [4.78, 5) is 15.3. The number of carbonyl (C=O) groups is 1. The number of benzene rings is 1. The van der Waals surface area contributed by atoms with Crippen molar-refractivity contribution >= 4 is 6.47 Å². The SMILES string of the molecule is COCc1nc(CN2CCCC2)n(Cc2ccc(F)cc2)n1.O=CO. The van der Waals surface area contributed by atoms with E-state index in [-0.39, 0.29) is 12.3 Å². The molecule has 0 unspecified atom stereocenters. The first-order valence-electron chi connectivity index (χ1n) is 8.12. The van der Waals surface area contributed by atoms with Crippen molar-refractivity contribution in [3.05, 3.63) is 47.3 Å². The van der Waals surface area contributed by atoms with E-state index >= 15 is 0 Å². The van der Waals surface area contributed by atoms with Crippen molar-refractivity contribution in [1.29, 1.82) is 0 Å². The highest BCUT2D eigenvalue weighted by Gasteiger charge is 2.17. The quantitative estimate of drug-likeness (QED) is 0.802. The Kier molecular flexibility index (Phi) is 7.49. The highest BCUT2D eigenvalue weighted by molar-refractivity contribution is 5.32. The van der Waals surface area contributed by atoms with Crippen molar-refractivity contribution in [3.63, 3.8) is 0 Å². The number of hydrogen-bond acceptors (Lipinski definition) is 5. The molecule has 136 valence electrons. The van der Waals surface area contributed by atoms with Gasteiger partial charge in [-0.2, -0.15) is 5.10 Å². The molecule has 7 nitrogen and oxygen atoms in total. The summed E-state index contributed by atoms with van der Waals surface area (Å²) in [5.41, 5.74) is 1.01. The van der Waals surface area contributed by atoms with Gasteiger partial charge in [0.15, 0.2) is 5.82 Å². The van der Waals surface area contributed by atoms with Gasteiger partial charge in [0.2, 0.25) is 0 Å². The third-order valence-corrected chi connectivity index (χ3v) is 3.87. The molecule has 25 heavy (non-hydrogen) atoms. The molecule has 0 saturated carbocycles. The van der Waals surface area contributed by atoms with Crippen LogP contribution >= 0.6 is 0 Å².